The van der Waals surface area contributed by atoms with E-state index in [1.165, 1.54) is 30.6 Å². The number of nitrogens with zero attached hydrogens (tertiary/aromatic N) is 4. The second-order valence-corrected chi connectivity index (χ2v) is 4.96. The van der Waals surface area contributed by atoms with Gasteiger partial charge in [-0.1, -0.05) is 0 Å². The van der Waals surface area contributed by atoms with Crippen LogP contribution in [-0.2, 0) is 0 Å². The Morgan fingerprint density at radius 2 is 2.00 bits per heavy atom. The molecule has 1 heterocycles. The fourth-order valence-corrected chi connectivity index (χ4v) is 2.23. The first-order chi connectivity index (χ1) is 12.0. The third kappa shape index (κ3) is 4.18. The van der Waals surface area contributed by atoms with Gasteiger partial charge in [-0.2, -0.15) is 0 Å². The number of aliphatic hydroxyl groups excluding tert-OH is 1. The number of likely N-dealkylation sites (N-methyl/N-ethyl adjacent to an activating group) is 1. The molecule has 25 heavy (non-hydrogen) atoms. The molecule has 0 bridgehead atoms. The first-order valence-corrected chi connectivity index (χ1v) is 7.43. The summed E-state index contributed by atoms with van der Waals surface area (Å²) >= 11 is 0. The molecule has 1 aromatic carbocycles. The molecule has 2 aromatic rings. The Bertz CT molecular complexity index is 765. The van der Waals surface area contributed by atoms with E-state index in [2.05, 4.69) is 15.3 Å². The van der Waals surface area contributed by atoms with Crippen LogP contribution in [0.25, 0.3) is 0 Å². The average molecular weight is 347 g/mol. The van der Waals surface area contributed by atoms with Crippen LogP contribution in [0.2, 0.25) is 0 Å². The van der Waals surface area contributed by atoms with Gasteiger partial charge in [-0.25, -0.2) is 14.8 Å². The van der Waals surface area contributed by atoms with Crippen molar-refractivity contribution in [3.05, 3.63) is 46.3 Å². The van der Waals surface area contributed by atoms with E-state index in [0.717, 1.165) is 0 Å². The van der Waals surface area contributed by atoms with Gasteiger partial charge >= 0.3 is 11.7 Å². The van der Waals surface area contributed by atoms with E-state index in [-0.39, 0.29) is 36.0 Å². The monoisotopic (exact) mass is 347 g/mol. The van der Waals surface area contributed by atoms with Crippen molar-refractivity contribution in [2.45, 2.75) is 6.92 Å². The van der Waals surface area contributed by atoms with Gasteiger partial charge in [0.15, 0.2) is 0 Å². The molecule has 0 unspecified atom stereocenters. The van der Waals surface area contributed by atoms with Crippen LogP contribution in [0.4, 0.5) is 23.0 Å². The Morgan fingerprint density at radius 3 is 2.52 bits per heavy atom. The summed E-state index contributed by atoms with van der Waals surface area (Å²) in [6.45, 7) is 2.24. The van der Waals surface area contributed by atoms with Gasteiger partial charge in [-0.05, 0) is 31.2 Å². The van der Waals surface area contributed by atoms with Gasteiger partial charge in [0.2, 0.25) is 11.6 Å². The van der Waals surface area contributed by atoms with Gasteiger partial charge in [0.25, 0.3) is 0 Å². The summed E-state index contributed by atoms with van der Waals surface area (Å²) in [5, 5.41) is 32.3. The third-order valence-electron chi connectivity index (χ3n) is 3.43. The number of anilines is 3. The lowest BCUT2D eigenvalue weighted by atomic mass is 10.2. The summed E-state index contributed by atoms with van der Waals surface area (Å²) in [5.74, 6) is -0.986. The van der Waals surface area contributed by atoms with Crippen LogP contribution in [0.15, 0.2) is 30.6 Å². The number of nitro groups is 1. The first-order valence-electron chi connectivity index (χ1n) is 7.43. The second kappa shape index (κ2) is 8.02. The molecule has 0 amide bonds. The van der Waals surface area contributed by atoms with Gasteiger partial charge < -0.3 is 20.4 Å². The number of carboxylic acid groups (broad SMARTS) is 1. The Balaban J connectivity index is 2.40. The van der Waals surface area contributed by atoms with Crippen molar-refractivity contribution in [1.82, 2.24) is 9.97 Å². The number of nitrogens with one attached hydrogen (secondary N) is 1. The van der Waals surface area contributed by atoms with E-state index >= 15 is 0 Å². The van der Waals surface area contributed by atoms with Crippen molar-refractivity contribution < 1.29 is 19.9 Å². The van der Waals surface area contributed by atoms with Crippen molar-refractivity contribution in [1.29, 1.82) is 0 Å². The van der Waals surface area contributed by atoms with Crippen LogP contribution in [0, 0.1) is 10.1 Å². The molecule has 0 saturated carbocycles. The molecule has 0 spiro atoms. The largest absolute Gasteiger partial charge is 0.478 e. The van der Waals surface area contributed by atoms with Crippen molar-refractivity contribution in [3.63, 3.8) is 0 Å². The van der Waals surface area contributed by atoms with Crippen LogP contribution >= 0.6 is 0 Å². The molecular formula is C15H17N5O5. The number of aromatic carboxylic acids is 1. The van der Waals surface area contributed by atoms with Gasteiger partial charge in [0, 0.05) is 18.8 Å². The van der Waals surface area contributed by atoms with Crippen molar-refractivity contribution in [3.8, 4) is 0 Å². The highest BCUT2D eigenvalue weighted by Gasteiger charge is 2.26. The lowest BCUT2D eigenvalue weighted by Crippen LogP contribution is -2.28. The standard InChI is InChI=1S/C15H17N5O5/c1-2-19(7-8-21)14-12(20(24)25)13(16-9-17-14)18-11-5-3-10(4-6-11)15(22)23/h3-6,9,21H,2,7-8H2,1H3,(H,22,23)(H,16,17,18). The number of rotatable bonds is 8. The zero-order valence-corrected chi connectivity index (χ0v) is 13.4. The number of aromatic nitrogens is 2. The van der Waals surface area contributed by atoms with E-state index in [4.69, 9.17) is 10.2 Å². The zero-order valence-electron chi connectivity index (χ0n) is 13.4. The number of hydrogen-bond donors (Lipinski definition) is 3. The number of benzene rings is 1. The SMILES string of the molecule is CCN(CCO)c1ncnc(Nc2ccc(C(=O)O)cc2)c1[N+](=O)[O-]. The van der Waals surface area contributed by atoms with Crippen LogP contribution in [0.3, 0.4) is 0 Å². The maximum Gasteiger partial charge on any atom is 0.353 e. The molecule has 0 aliphatic heterocycles. The molecule has 0 aliphatic carbocycles. The van der Waals surface area contributed by atoms with Gasteiger partial charge in [-0.3, -0.25) is 10.1 Å². The summed E-state index contributed by atoms with van der Waals surface area (Å²) < 4.78 is 0. The Hall–Kier alpha value is -3.27. The molecule has 3 N–H and O–H groups in total. The van der Waals surface area contributed by atoms with Crippen LogP contribution in [-0.4, -0.2) is 50.8 Å². The fraction of sp³-hybridized carbons (Fsp3) is 0.267. The normalized spacial score (nSPS) is 10.3. The third-order valence-corrected chi connectivity index (χ3v) is 3.43. The fourth-order valence-electron chi connectivity index (χ4n) is 2.23. The quantitative estimate of drug-likeness (QED) is 0.480. The summed E-state index contributed by atoms with van der Waals surface area (Å²) in [4.78, 5) is 31.3. The lowest BCUT2D eigenvalue weighted by molar-refractivity contribution is -0.383. The summed E-state index contributed by atoms with van der Waals surface area (Å²) in [6.07, 6.45) is 1.19. The molecule has 0 fully saturated rings. The molecule has 1 aromatic heterocycles. The van der Waals surface area contributed by atoms with Gasteiger partial charge in [0.1, 0.15) is 6.33 Å². The molecular weight excluding hydrogens is 330 g/mol. The van der Waals surface area contributed by atoms with Crippen LogP contribution in [0.5, 0.6) is 0 Å². The number of hydrogen-bond acceptors (Lipinski definition) is 8. The highest BCUT2D eigenvalue weighted by molar-refractivity contribution is 5.88. The van der Waals surface area contributed by atoms with Gasteiger partial charge in [-0.15, -0.1) is 0 Å². The molecule has 132 valence electrons. The molecule has 10 heteroatoms. The number of carboxylic acids is 1. The predicted molar refractivity (Wildman–Crippen MR) is 90.3 cm³/mol. The summed E-state index contributed by atoms with van der Waals surface area (Å²) in [7, 11) is 0. The molecule has 10 nitrogen and oxygen atoms in total. The highest BCUT2D eigenvalue weighted by Crippen LogP contribution is 2.33. The molecule has 0 radical (unpaired) electrons. The minimum atomic E-state index is -1.07. The maximum absolute atomic E-state index is 11.5. The molecule has 0 aliphatic rings. The van der Waals surface area contributed by atoms with E-state index in [9.17, 15) is 14.9 Å². The van der Waals surface area contributed by atoms with Crippen molar-refractivity contribution >= 4 is 29.0 Å². The average Bonchev–Trinajstić information content (AvgIpc) is 2.59. The molecule has 0 saturated heterocycles. The van der Waals surface area contributed by atoms with E-state index in [1.807, 2.05) is 0 Å². The smallest absolute Gasteiger partial charge is 0.353 e. The number of aliphatic hydroxyl groups is 1. The second-order valence-electron chi connectivity index (χ2n) is 4.96. The van der Waals surface area contributed by atoms with Crippen LogP contribution in [0.1, 0.15) is 17.3 Å². The Kier molecular flexibility index (Phi) is 5.79. The summed E-state index contributed by atoms with van der Waals surface area (Å²) in [6, 6.07) is 5.73. The van der Waals surface area contributed by atoms with Crippen molar-refractivity contribution in [2.75, 3.05) is 29.9 Å². The van der Waals surface area contributed by atoms with E-state index in [0.29, 0.717) is 12.2 Å². The maximum atomic E-state index is 11.5. The minimum absolute atomic E-state index is 0.0190. The first kappa shape index (κ1) is 18.1. The molecule has 2 rings (SSSR count). The predicted octanol–water partition coefficient (Wildman–Crippen LogP) is 1.65. The topological polar surface area (TPSA) is 142 Å². The van der Waals surface area contributed by atoms with Crippen LogP contribution < -0.4 is 10.2 Å². The highest BCUT2D eigenvalue weighted by atomic mass is 16.6. The lowest BCUT2D eigenvalue weighted by Gasteiger charge is -2.20. The summed E-state index contributed by atoms with van der Waals surface area (Å²) in [5.41, 5.74) is 0.228. The zero-order chi connectivity index (χ0) is 18.4. The van der Waals surface area contributed by atoms with Gasteiger partial charge in [0.05, 0.1) is 17.1 Å². The minimum Gasteiger partial charge on any atom is -0.478 e. The Morgan fingerprint density at radius 1 is 1.32 bits per heavy atom. The Labute approximate surface area is 142 Å². The van der Waals surface area contributed by atoms with E-state index in [1.54, 1.807) is 11.8 Å². The van der Waals surface area contributed by atoms with Crippen molar-refractivity contribution in [2.24, 2.45) is 0 Å². The number of carbonyl (C=O) groups is 1. The van der Waals surface area contributed by atoms with E-state index < -0.39 is 10.9 Å². The molecule has 0 atom stereocenters.